The molecule has 0 spiro atoms. The fraction of sp³-hybridized carbons (Fsp3) is 0.250. The standard InChI is InChI=1S/C20H17ClF3NO3S/c1-25-18-8-7-14(21)9-13(18)10-19(25)17(20(22,23)24)11-15(26)12-29(27,28)16-5-3-2-4-6-16/h2-10,17H,11-12H2,1H3/t17-/m0/s1. The Morgan fingerprint density at radius 3 is 2.38 bits per heavy atom. The summed E-state index contributed by atoms with van der Waals surface area (Å²) < 4.78 is 67.3. The molecule has 2 aromatic carbocycles. The van der Waals surface area contributed by atoms with Crippen molar-refractivity contribution in [1.29, 1.82) is 0 Å². The molecule has 0 aliphatic heterocycles. The van der Waals surface area contributed by atoms with E-state index in [1.165, 1.54) is 48.0 Å². The molecular weight excluding hydrogens is 427 g/mol. The highest BCUT2D eigenvalue weighted by atomic mass is 35.5. The molecule has 29 heavy (non-hydrogen) atoms. The number of halogens is 4. The van der Waals surface area contributed by atoms with Gasteiger partial charge in [0, 0.05) is 35.1 Å². The van der Waals surface area contributed by atoms with Gasteiger partial charge in [0.2, 0.25) is 0 Å². The fourth-order valence-electron chi connectivity index (χ4n) is 3.27. The number of nitrogens with zero attached hydrogens (tertiary/aromatic N) is 1. The van der Waals surface area contributed by atoms with E-state index in [0.717, 1.165) is 0 Å². The van der Waals surface area contributed by atoms with E-state index in [1.807, 2.05) is 0 Å². The van der Waals surface area contributed by atoms with Crippen LogP contribution >= 0.6 is 11.6 Å². The van der Waals surface area contributed by atoms with Crippen LogP contribution in [0.1, 0.15) is 18.0 Å². The van der Waals surface area contributed by atoms with E-state index in [1.54, 1.807) is 18.2 Å². The van der Waals surface area contributed by atoms with Gasteiger partial charge in [-0.05, 0) is 36.4 Å². The van der Waals surface area contributed by atoms with Crippen LogP contribution in [0, 0.1) is 0 Å². The van der Waals surface area contributed by atoms with Gasteiger partial charge in [-0.25, -0.2) is 8.42 Å². The van der Waals surface area contributed by atoms with Gasteiger partial charge < -0.3 is 4.57 Å². The van der Waals surface area contributed by atoms with Gasteiger partial charge in [0.25, 0.3) is 0 Å². The van der Waals surface area contributed by atoms with Gasteiger partial charge in [-0.3, -0.25) is 4.79 Å². The second-order valence-electron chi connectivity index (χ2n) is 6.74. The van der Waals surface area contributed by atoms with E-state index < -0.39 is 39.9 Å². The minimum atomic E-state index is -4.72. The third-order valence-electron chi connectivity index (χ3n) is 4.68. The van der Waals surface area contributed by atoms with Gasteiger partial charge >= 0.3 is 6.18 Å². The van der Waals surface area contributed by atoms with Gasteiger partial charge in [-0.2, -0.15) is 13.2 Å². The summed E-state index contributed by atoms with van der Waals surface area (Å²) in [5, 5.41) is 0.886. The lowest BCUT2D eigenvalue weighted by Gasteiger charge is -2.21. The SMILES string of the molecule is Cn1c([C@H](CC(=O)CS(=O)(=O)c2ccccc2)C(F)(F)F)cc2cc(Cl)ccc21. The number of aryl methyl sites for hydroxylation is 1. The molecule has 0 saturated heterocycles. The molecule has 1 atom stereocenters. The first-order valence-electron chi connectivity index (χ1n) is 8.60. The Kier molecular flexibility index (Phi) is 5.78. The summed E-state index contributed by atoms with van der Waals surface area (Å²) >= 11 is 5.91. The van der Waals surface area contributed by atoms with E-state index in [2.05, 4.69) is 0 Å². The number of sulfone groups is 1. The number of carbonyl (C=O) groups is 1. The molecule has 0 bridgehead atoms. The first-order valence-corrected chi connectivity index (χ1v) is 10.6. The van der Waals surface area contributed by atoms with Gasteiger partial charge in [-0.15, -0.1) is 0 Å². The van der Waals surface area contributed by atoms with Crippen LogP contribution in [0.15, 0.2) is 59.5 Å². The van der Waals surface area contributed by atoms with Crippen LogP contribution in [0.25, 0.3) is 10.9 Å². The molecule has 0 unspecified atom stereocenters. The van der Waals surface area contributed by atoms with E-state index in [4.69, 9.17) is 11.6 Å². The summed E-state index contributed by atoms with van der Waals surface area (Å²) in [5.41, 5.74) is 0.406. The number of Topliss-reactive ketones (excluding diaryl/α,β-unsaturated/α-hetero) is 1. The number of hydrogen-bond donors (Lipinski definition) is 0. The van der Waals surface area contributed by atoms with Crippen LogP contribution < -0.4 is 0 Å². The molecule has 0 radical (unpaired) electrons. The van der Waals surface area contributed by atoms with E-state index in [9.17, 15) is 26.4 Å². The highest BCUT2D eigenvalue weighted by Crippen LogP contribution is 2.40. The van der Waals surface area contributed by atoms with Crippen molar-refractivity contribution in [2.24, 2.45) is 7.05 Å². The van der Waals surface area contributed by atoms with Crippen LogP contribution in [0.4, 0.5) is 13.2 Å². The maximum Gasteiger partial charge on any atom is 0.397 e. The number of ketones is 1. The second-order valence-corrected chi connectivity index (χ2v) is 9.17. The highest BCUT2D eigenvalue weighted by molar-refractivity contribution is 7.92. The van der Waals surface area contributed by atoms with Crippen molar-refractivity contribution in [3.8, 4) is 0 Å². The van der Waals surface area contributed by atoms with Crippen molar-refractivity contribution in [3.63, 3.8) is 0 Å². The molecular formula is C20H17ClF3NO3S. The van der Waals surface area contributed by atoms with Gasteiger partial charge in [0.05, 0.1) is 4.90 Å². The maximum absolute atomic E-state index is 13.8. The normalized spacial score (nSPS) is 13.6. The van der Waals surface area contributed by atoms with Crippen LogP contribution in [-0.4, -0.2) is 30.7 Å². The molecule has 9 heteroatoms. The summed E-state index contributed by atoms with van der Waals surface area (Å²) in [5.74, 6) is -4.11. The predicted octanol–water partition coefficient (Wildman–Crippen LogP) is 4.91. The average Bonchev–Trinajstić information content (AvgIpc) is 2.94. The zero-order valence-electron chi connectivity index (χ0n) is 15.3. The van der Waals surface area contributed by atoms with Gasteiger partial charge in [0.1, 0.15) is 17.5 Å². The van der Waals surface area contributed by atoms with Crippen LogP contribution in [0.3, 0.4) is 0 Å². The average molecular weight is 444 g/mol. The molecule has 0 fully saturated rings. The molecule has 1 heterocycles. The van der Waals surface area contributed by atoms with Crippen LogP contribution in [-0.2, 0) is 21.7 Å². The molecule has 0 N–H and O–H groups in total. The smallest absolute Gasteiger partial charge is 0.347 e. The van der Waals surface area contributed by atoms with Crippen molar-refractivity contribution in [1.82, 2.24) is 4.57 Å². The quantitative estimate of drug-likeness (QED) is 0.544. The number of rotatable bonds is 6. The lowest BCUT2D eigenvalue weighted by atomic mass is 9.98. The Labute approximate surface area is 170 Å². The number of fused-ring (bicyclic) bond motifs is 1. The third-order valence-corrected chi connectivity index (χ3v) is 6.61. The van der Waals surface area contributed by atoms with E-state index >= 15 is 0 Å². The Hall–Kier alpha value is -2.32. The Morgan fingerprint density at radius 2 is 1.76 bits per heavy atom. The van der Waals surface area contributed by atoms with Crippen molar-refractivity contribution < 1.29 is 26.4 Å². The summed E-state index contributed by atoms with van der Waals surface area (Å²) in [6, 6.07) is 13.2. The first kappa shape index (κ1) is 21.4. The minimum absolute atomic E-state index is 0.101. The molecule has 3 aromatic rings. The summed E-state index contributed by atoms with van der Waals surface area (Å²) in [6.07, 6.45) is -5.69. The molecule has 1 aromatic heterocycles. The molecule has 4 nitrogen and oxygen atoms in total. The molecule has 0 aliphatic carbocycles. The molecule has 0 aliphatic rings. The monoisotopic (exact) mass is 443 g/mol. The number of benzene rings is 2. The summed E-state index contributed by atoms with van der Waals surface area (Å²) in [4.78, 5) is 12.2. The summed E-state index contributed by atoms with van der Waals surface area (Å²) in [7, 11) is -2.55. The Balaban J connectivity index is 1.91. The number of hydrogen-bond acceptors (Lipinski definition) is 3. The van der Waals surface area contributed by atoms with E-state index in [-0.39, 0.29) is 10.6 Å². The fourth-order valence-corrected chi connectivity index (χ4v) is 4.73. The van der Waals surface area contributed by atoms with Crippen molar-refractivity contribution in [2.45, 2.75) is 23.4 Å². The van der Waals surface area contributed by atoms with Gasteiger partial charge in [0.15, 0.2) is 9.84 Å². The van der Waals surface area contributed by atoms with Crippen LogP contribution in [0.2, 0.25) is 5.02 Å². The molecule has 0 saturated carbocycles. The largest absolute Gasteiger partial charge is 0.397 e. The van der Waals surface area contributed by atoms with Gasteiger partial charge in [-0.1, -0.05) is 29.8 Å². The number of carbonyl (C=O) groups excluding carboxylic acids is 1. The number of aromatic nitrogens is 1. The Bertz CT molecular complexity index is 1150. The van der Waals surface area contributed by atoms with E-state index in [0.29, 0.717) is 15.9 Å². The summed E-state index contributed by atoms with van der Waals surface area (Å²) in [6.45, 7) is 0. The van der Waals surface area contributed by atoms with Crippen molar-refractivity contribution in [3.05, 3.63) is 65.3 Å². The Morgan fingerprint density at radius 1 is 1.10 bits per heavy atom. The van der Waals surface area contributed by atoms with Crippen LogP contribution in [0.5, 0.6) is 0 Å². The topological polar surface area (TPSA) is 56.1 Å². The lowest BCUT2D eigenvalue weighted by Crippen LogP contribution is -2.28. The predicted molar refractivity (Wildman–Crippen MR) is 105 cm³/mol. The zero-order valence-corrected chi connectivity index (χ0v) is 16.9. The van der Waals surface area contributed by atoms with Crippen molar-refractivity contribution >= 4 is 38.1 Å². The molecule has 0 amide bonds. The lowest BCUT2D eigenvalue weighted by molar-refractivity contribution is -0.157. The first-order chi connectivity index (χ1) is 13.5. The third kappa shape index (κ3) is 4.64. The minimum Gasteiger partial charge on any atom is -0.347 e. The molecule has 154 valence electrons. The highest BCUT2D eigenvalue weighted by Gasteiger charge is 2.44. The maximum atomic E-state index is 13.8. The molecule has 3 rings (SSSR count). The zero-order chi connectivity index (χ0) is 21.4. The number of alkyl halides is 3. The second kappa shape index (κ2) is 7.84. The van der Waals surface area contributed by atoms with Crippen molar-refractivity contribution in [2.75, 3.05) is 5.75 Å².